The van der Waals surface area contributed by atoms with Gasteiger partial charge in [0.2, 0.25) is 0 Å². The molecule has 6 nitrogen and oxygen atoms in total. The van der Waals surface area contributed by atoms with Crippen LogP contribution in [0.2, 0.25) is 0 Å². The van der Waals surface area contributed by atoms with Crippen molar-refractivity contribution < 1.29 is 4.74 Å². The lowest BCUT2D eigenvalue weighted by Gasteiger charge is -2.05. The van der Waals surface area contributed by atoms with Gasteiger partial charge in [-0.25, -0.2) is 9.67 Å². The minimum atomic E-state index is 0.444. The van der Waals surface area contributed by atoms with Crippen molar-refractivity contribution in [3.8, 4) is 28.8 Å². The van der Waals surface area contributed by atoms with Crippen molar-refractivity contribution in [2.75, 3.05) is 6.61 Å². The van der Waals surface area contributed by atoms with E-state index in [4.69, 9.17) is 14.8 Å². The first kappa shape index (κ1) is 21.9. The fraction of sp³-hybridized carbons (Fsp3) is 0.0690. The van der Waals surface area contributed by atoms with E-state index in [1.54, 1.807) is 6.08 Å². The average Bonchev–Trinajstić information content (AvgIpc) is 3.48. The Balaban J connectivity index is 1.63. The number of ether oxygens (including phenoxy) is 1. The zero-order valence-corrected chi connectivity index (χ0v) is 19.3. The number of rotatable bonds is 7. The Morgan fingerprint density at radius 1 is 1.03 bits per heavy atom. The number of para-hydroxylation sites is 3. The van der Waals surface area contributed by atoms with Crippen LogP contribution in [0, 0.1) is 11.3 Å². The number of imidazole rings is 1. The van der Waals surface area contributed by atoms with Crippen molar-refractivity contribution in [3.63, 3.8) is 0 Å². The third-order valence-corrected chi connectivity index (χ3v) is 5.71. The fourth-order valence-electron chi connectivity index (χ4n) is 3.98. The van der Waals surface area contributed by atoms with Crippen LogP contribution in [-0.2, 0) is 7.05 Å². The number of hydrogen-bond acceptors (Lipinski definition) is 4. The van der Waals surface area contributed by atoms with Crippen LogP contribution in [0.1, 0.15) is 11.4 Å². The average molecular weight is 458 g/mol. The Bertz CT molecular complexity index is 1570. The molecule has 0 amide bonds. The molecule has 0 atom stereocenters. The van der Waals surface area contributed by atoms with Gasteiger partial charge in [0.15, 0.2) is 5.82 Å². The minimum Gasteiger partial charge on any atom is -0.490 e. The smallest absolute Gasteiger partial charge is 0.151 e. The van der Waals surface area contributed by atoms with Crippen LogP contribution < -0.4 is 4.74 Å². The summed E-state index contributed by atoms with van der Waals surface area (Å²) in [5, 5.41) is 14.9. The Labute approximate surface area is 203 Å². The largest absolute Gasteiger partial charge is 0.490 e. The summed E-state index contributed by atoms with van der Waals surface area (Å²) < 4.78 is 9.39. The molecule has 5 aromatic rings. The third kappa shape index (κ3) is 4.35. The molecule has 35 heavy (non-hydrogen) atoms. The highest BCUT2D eigenvalue weighted by atomic mass is 16.5. The van der Waals surface area contributed by atoms with Gasteiger partial charge in [0.25, 0.3) is 0 Å². The molecule has 170 valence electrons. The van der Waals surface area contributed by atoms with Gasteiger partial charge in [-0.3, -0.25) is 0 Å². The molecule has 3 aromatic carbocycles. The highest BCUT2D eigenvalue weighted by molar-refractivity contribution is 5.93. The molecule has 0 aliphatic rings. The first-order valence-electron chi connectivity index (χ1n) is 11.2. The minimum absolute atomic E-state index is 0.444. The molecule has 0 fully saturated rings. The number of aryl methyl sites for hydroxylation is 1. The molecule has 0 aliphatic heterocycles. The molecular weight excluding hydrogens is 434 g/mol. The predicted octanol–water partition coefficient (Wildman–Crippen LogP) is 6.05. The molecule has 0 aliphatic carbocycles. The molecule has 2 aromatic heterocycles. The van der Waals surface area contributed by atoms with E-state index in [0.29, 0.717) is 18.0 Å². The first-order valence-corrected chi connectivity index (χ1v) is 11.2. The number of hydrogen-bond donors (Lipinski definition) is 0. The van der Waals surface area contributed by atoms with Gasteiger partial charge in [-0.15, -0.1) is 0 Å². The number of benzene rings is 3. The summed E-state index contributed by atoms with van der Waals surface area (Å²) in [6.07, 6.45) is 5.50. The highest BCUT2D eigenvalue weighted by Gasteiger charge is 2.16. The molecule has 0 radical (unpaired) electrons. The van der Waals surface area contributed by atoms with E-state index in [9.17, 15) is 5.26 Å². The van der Waals surface area contributed by atoms with E-state index in [1.807, 2.05) is 107 Å². The van der Waals surface area contributed by atoms with E-state index >= 15 is 0 Å². The summed E-state index contributed by atoms with van der Waals surface area (Å²) in [6, 6.07) is 27.8. The molecule has 0 saturated heterocycles. The van der Waals surface area contributed by atoms with Gasteiger partial charge in [-0.05, 0) is 54.6 Å². The van der Waals surface area contributed by atoms with Crippen molar-refractivity contribution >= 4 is 22.7 Å². The second-order valence-corrected chi connectivity index (χ2v) is 7.99. The topological polar surface area (TPSA) is 68.7 Å². The van der Waals surface area contributed by atoms with Crippen LogP contribution in [0.3, 0.4) is 0 Å². The molecule has 2 heterocycles. The summed E-state index contributed by atoms with van der Waals surface area (Å²) in [6.45, 7) is 4.13. The second kappa shape index (κ2) is 9.54. The Morgan fingerprint density at radius 3 is 2.49 bits per heavy atom. The highest BCUT2D eigenvalue weighted by Crippen LogP contribution is 2.29. The number of nitrogens with zero attached hydrogens (tertiary/aromatic N) is 5. The van der Waals surface area contributed by atoms with Crippen molar-refractivity contribution in [3.05, 3.63) is 109 Å². The molecule has 0 spiro atoms. The quantitative estimate of drug-likeness (QED) is 0.220. The van der Waals surface area contributed by atoms with Crippen LogP contribution in [-0.4, -0.2) is 25.9 Å². The molecule has 6 heteroatoms. The maximum atomic E-state index is 10.1. The SMILES string of the molecule is C=CCOc1ccc(-c2nn(-c3ccccc3)cc2C=C(C#N)c2nc3ccccc3n2C)cc1. The predicted molar refractivity (Wildman–Crippen MR) is 139 cm³/mol. The van der Waals surface area contributed by atoms with Gasteiger partial charge in [0.1, 0.15) is 18.4 Å². The lowest BCUT2D eigenvalue weighted by molar-refractivity contribution is 0.363. The van der Waals surface area contributed by atoms with Crippen LogP contribution in [0.4, 0.5) is 0 Å². The lowest BCUT2D eigenvalue weighted by atomic mass is 10.1. The maximum Gasteiger partial charge on any atom is 0.151 e. The number of aromatic nitrogens is 4. The third-order valence-electron chi connectivity index (χ3n) is 5.71. The standard InChI is InChI=1S/C29H23N5O/c1-3-17-35-25-15-13-21(14-16-25)28-23(20-34(32-28)24-9-5-4-6-10-24)18-22(19-30)29-31-26-11-7-8-12-27(26)33(29)2/h3-16,18,20H,1,17H2,2H3. The van der Waals surface area contributed by atoms with E-state index < -0.39 is 0 Å². The molecule has 0 unspecified atom stereocenters. The van der Waals surface area contributed by atoms with Crippen molar-refractivity contribution in [2.45, 2.75) is 0 Å². The monoisotopic (exact) mass is 457 g/mol. The first-order chi connectivity index (χ1) is 17.2. The summed E-state index contributed by atoms with van der Waals surface area (Å²) >= 11 is 0. The van der Waals surface area contributed by atoms with E-state index in [1.165, 1.54) is 0 Å². The zero-order chi connectivity index (χ0) is 24.2. The van der Waals surface area contributed by atoms with Crippen molar-refractivity contribution in [1.82, 2.24) is 19.3 Å². The Kier molecular flexibility index (Phi) is 5.98. The van der Waals surface area contributed by atoms with Gasteiger partial charge >= 0.3 is 0 Å². The van der Waals surface area contributed by atoms with Crippen LogP contribution in [0.25, 0.3) is 39.6 Å². The van der Waals surface area contributed by atoms with E-state index in [0.717, 1.165) is 39.3 Å². The van der Waals surface area contributed by atoms with Gasteiger partial charge < -0.3 is 9.30 Å². The van der Waals surface area contributed by atoms with Crippen LogP contribution in [0.5, 0.6) is 5.75 Å². The summed E-state index contributed by atoms with van der Waals surface area (Å²) in [4.78, 5) is 4.71. The molecular formula is C29H23N5O. The summed E-state index contributed by atoms with van der Waals surface area (Å²) in [5.74, 6) is 1.37. The van der Waals surface area contributed by atoms with Crippen LogP contribution >= 0.6 is 0 Å². The summed E-state index contributed by atoms with van der Waals surface area (Å²) in [7, 11) is 1.92. The van der Waals surface area contributed by atoms with Gasteiger partial charge in [0.05, 0.1) is 28.0 Å². The van der Waals surface area contributed by atoms with Crippen molar-refractivity contribution in [1.29, 1.82) is 5.26 Å². The van der Waals surface area contributed by atoms with E-state index in [-0.39, 0.29) is 0 Å². The maximum absolute atomic E-state index is 10.1. The van der Waals surface area contributed by atoms with Gasteiger partial charge in [-0.2, -0.15) is 10.4 Å². The van der Waals surface area contributed by atoms with Crippen LogP contribution in [0.15, 0.2) is 97.7 Å². The number of allylic oxidation sites excluding steroid dienone is 1. The van der Waals surface area contributed by atoms with Gasteiger partial charge in [-0.1, -0.05) is 43.0 Å². The van der Waals surface area contributed by atoms with E-state index in [2.05, 4.69) is 12.6 Å². The number of fused-ring (bicyclic) bond motifs is 1. The lowest BCUT2D eigenvalue weighted by Crippen LogP contribution is -1.96. The second-order valence-electron chi connectivity index (χ2n) is 7.99. The Hall–Kier alpha value is -4.89. The molecule has 0 bridgehead atoms. The summed E-state index contributed by atoms with van der Waals surface area (Å²) in [5.41, 5.74) is 5.71. The number of nitriles is 1. The molecule has 0 saturated carbocycles. The fourth-order valence-corrected chi connectivity index (χ4v) is 3.98. The zero-order valence-electron chi connectivity index (χ0n) is 19.3. The Morgan fingerprint density at radius 2 is 1.77 bits per heavy atom. The van der Waals surface area contributed by atoms with Gasteiger partial charge in [0, 0.05) is 24.4 Å². The molecule has 5 rings (SSSR count). The van der Waals surface area contributed by atoms with Crippen molar-refractivity contribution in [2.24, 2.45) is 7.05 Å². The normalized spacial score (nSPS) is 11.4. The molecule has 0 N–H and O–H groups in total.